The second-order valence-corrected chi connectivity index (χ2v) is 23.6. The summed E-state index contributed by atoms with van der Waals surface area (Å²) in [6.07, 6.45) is -40.4. The van der Waals surface area contributed by atoms with E-state index in [1.165, 1.54) is 23.7 Å². The molecule has 5 fully saturated rings. The monoisotopic (exact) mass is 1450 g/mol. The number of halogens is 2. The summed E-state index contributed by atoms with van der Waals surface area (Å²) < 4.78 is 77.5. The Kier molecular flexibility index (Phi) is 24.5. The molecule has 0 bridgehead atoms. The SMILES string of the molecule is CC1OC(CO)[C@@H](O[C@@H]2OC(CO)[C@@H](O[C@@H]3OC(CO)[C@@H](O[C@@H]4OC(CO)[C@@H](O)[C@H](O)C4O)[C@H](O)C3OCCOCCn3cc(COc4c(Br)cc5[nH]cc(OCc6ccc(O[C@H]7O[C@@H](C(=O)O)[C@H](O)[C@@H](O)[C@@H]7O)c([N+](=O)[O-])c6)c5c4Br)nn3)[C@H](O)C2O)[C@H](O)C1O. The minimum atomic E-state index is -2.02. The summed E-state index contributed by atoms with van der Waals surface area (Å²) in [6, 6.07) is 5.40. The van der Waals surface area contributed by atoms with Gasteiger partial charge in [0.25, 0.3) is 0 Å². The van der Waals surface area contributed by atoms with Crippen LogP contribution in [0, 0.1) is 10.1 Å². The fourth-order valence-corrected chi connectivity index (χ4v) is 12.4. The van der Waals surface area contributed by atoms with E-state index in [1.807, 2.05) is 0 Å². The smallest absolute Gasteiger partial charge is 0.335 e. The molecule has 4 aromatic rings. The van der Waals surface area contributed by atoms with Crippen LogP contribution in [0.15, 0.2) is 45.6 Å². The average Bonchev–Trinajstić information content (AvgIpc) is 1.15. The fourth-order valence-electron chi connectivity index (χ4n) is 10.8. The third kappa shape index (κ3) is 15.6. The van der Waals surface area contributed by atoms with E-state index in [-0.39, 0.29) is 45.1 Å². The number of aromatic amines is 1. The van der Waals surface area contributed by atoms with Crippen molar-refractivity contribution >= 4 is 54.4 Å². The molecule has 7 heterocycles. The van der Waals surface area contributed by atoms with Gasteiger partial charge < -0.3 is 148 Å². The van der Waals surface area contributed by atoms with Crippen molar-refractivity contribution in [2.75, 3.05) is 46.2 Å². The Balaban J connectivity index is 0.805. The second-order valence-electron chi connectivity index (χ2n) is 22.0. The molecule has 9 unspecified atom stereocenters. The maximum atomic E-state index is 12.1. The van der Waals surface area contributed by atoms with Gasteiger partial charge in [-0.25, -0.2) is 9.48 Å². The van der Waals surface area contributed by atoms with E-state index in [1.54, 1.807) is 18.5 Å². The molecular formula is C53H71Br2N5O32. The molecule has 0 saturated carbocycles. The second kappa shape index (κ2) is 31.5. The lowest BCUT2D eigenvalue weighted by Gasteiger charge is -2.49. The first kappa shape index (κ1) is 71.6. The van der Waals surface area contributed by atoms with E-state index in [4.69, 9.17) is 61.6 Å². The predicted molar refractivity (Wildman–Crippen MR) is 302 cm³/mol. The van der Waals surface area contributed by atoms with Crippen LogP contribution in [0.25, 0.3) is 10.9 Å². The largest absolute Gasteiger partial charge is 0.487 e. The van der Waals surface area contributed by atoms with Crippen molar-refractivity contribution in [3.05, 3.63) is 67.0 Å². The van der Waals surface area contributed by atoms with Crippen molar-refractivity contribution in [3.63, 3.8) is 0 Å². The van der Waals surface area contributed by atoms with Crippen LogP contribution in [0.4, 0.5) is 5.69 Å². The van der Waals surface area contributed by atoms with Gasteiger partial charge in [0.1, 0.15) is 146 Å². The van der Waals surface area contributed by atoms with Gasteiger partial charge in [0.05, 0.1) is 89.9 Å². The lowest BCUT2D eigenvalue weighted by Crippen LogP contribution is -2.67. The summed E-state index contributed by atoms with van der Waals surface area (Å²) in [6.45, 7) is -2.67. The zero-order valence-electron chi connectivity index (χ0n) is 48.2. The van der Waals surface area contributed by atoms with E-state index >= 15 is 0 Å². The van der Waals surface area contributed by atoms with Crippen molar-refractivity contribution in [2.24, 2.45) is 0 Å². The number of aromatic nitrogens is 4. The Bertz CT molecular complexity index is 3080. The molecule has 37 nitrogen and oxygen atoms in total. The molecule has 25 atom stereocenters. The van der Waals surface area contributed by atoms with Crippen molar-refractivity contribution in [3.8, 4) is 17.2 Å². The molecule has 9 rings (SSSR count). The lowest BCUT2D eigenvalue weighted by atomic mass is 9.94. The van der Waals surface area contributed by atoms with Crippen molar-refractivity contribution in [1.29, 1.82) is 0 Å². The third-order valence-electron chi connectivity index (χ3n) is 15.8. The molecule has 92 heavy (non-hydrogen) atoms. The number of hydrogen-bond donors (Lipinski definition) is 17. The summed E-state index contributed by atoms with van der Waals surface area (Å²) in [7, 11) is 0. The third-order valence-corrected chi connectivity index (χ3v) is 17.2. The van der Waals surface area contributed by atoms with E-state index in [9.17, 15) is 96.6 Å². The summed E-state index contributed by atoms with van der Waals surface area (Å²) in [5.41, 5.74) is 0.627. The normalized spacial score (nSPS) is 36.9. The van der Waals surface area contributed by atoms with Crippen LogP contribution >= 0.6 is 31.9 Å². The molecular weight excluding hydrogens is 1380 g/mol. The number of aliphatic carboxylic acids is 1. The first-order valence-electron chi connectivity index (χ1n) is 28.6. The van der Waals surface area contributed by atoms with Gasteiger partial charge in [-0.15, -0.1) is 5.10 Å². The number of nitrogens with one attached hydrogen (secondary N) is 1. The predicted octanol–water partition coefficient (Wildman–Crippen LogP) is -6.00. The van der Waals surface area contributed by atoms with Gasteiger partial charge >= 0.3 is 11.7 Å². The Morgan fingerprint density at radius 2 is 1.23 bits per heavy atom. The van der Waals surface area contributed by atoms with Crippen LogP contribution in [0.5, 0.6) is 17.2 Å². The summed E-state index contributed by atoms with van der Waals surface area (Å²) >= 11 is 7.11. The standard InChI is InChI=1S/C53H71Br2N5O32/c1-18-32(65)36(69)44(27(13-62)84-18)89-52-41(74)38(71)45(28(14-63)87-52)91-53-48(42(75)46(29(15-64)88-53)90-51-39(72)34(67)33(66)26(12-61)86-51)81-7-6-80-5-4-59-11-20(57-58-59)17-83-43-21(54)9-22-30(31(43)55)25(10-56-22)82-16-19-2-3-24(23(8-19)60(78)79)85-50-40(73)35(68)37(70)47(92-50)49(76)77/h2-3,8-11,18,26-29,32-42,44-48,50-53,56,61-75H,4-7,12-17H2,1H3,(H,76,77)/t18?,26?,27?,28?,29?,32?,33-,34+,35-,36-,37-,38-,39?,40+,41?,42+,44-,45-,46-,47-,48?,50+,51+,52+,53+/m1/s1. The molecule has 0 radical (unpaired) electrons. The van der Waals surface area contributed by atoms with Crippen molar-refractivity contribution < 1.29 is 153 Å². The number of benzene rings is 2. The maximum Gasteiger partial charge on any atom is 0.335 e. The number of fused-ring (bicyclic) bond motifs is 1. The van der Waals surface area contributed by atoms with Crippen LogP contribution in [0.1, 0.15) is 18.2 Å². The maximum absolute atomic E-state index is 12.1. The number of ether oxygens (including phenoxy) is 13. The van der Waals surface area contributed by atoms with Crippen LogP contribution in [0.2, 0.25) is 0 Å². The van der Waals surface area contributed by atoms with Gasteiger partial charge in [-0.1, -0.05) is 11.3 Å². The number of carboxylic acid groups (broad SMARTS) is 1. The van der Waals surface area contributed by atoms with E-state index < -0.39 is 202 Å². The number of aliphatic hydroxyl groups excluding tert-OH is 15. The lowest BCUT2D eigenvalue weighted by molar-refractivity contribution is -0.388. The molecule has 514 valence electrons. The number of carboxylic acids is 1. The van der Waals surface area contributed by atoms with Gasteiger partial charge in [-0.05, 0) is 56.5 Å². The van der Waals surface area contributed by atoms with Gasteiger partial charge in [0.15, 0.2) is 30.7 Å². The van der Waals surface area contributed by atoms with Gasteiger partial charge in [0, 0.05) is 12.3 Å². The van der Waals surface area contributed by atoms with Crippen LogP contribution in [0.3, 0.4) is 0 Å². The number of hydrogen-bond acceptors (Lipinski definition) is 33. The molecule has 0 aliphatic carbocycles. The number of H-pyrrole nitrogens is 1. The van der Waals surface area contributed by atoms with Crippen molar-refractivity contribution in [2.45, 2.75) is 180 Å². The minimum absolute atomic E-state index is 0.00131. The average molecular weight is 1450 g/mol. The molecule has 2 aromatic heterocycles. The Labute approximate surface area is 535 Å². The van der Waals surface area contributed by atoms with Gasteiger partial charge in [-0.2, -0.15) is 0 Å². The number of nitro groups is 1. The van der Waals surface area contributed by atoms with E-state index in [0.717, 1.165) is 6.07 Å². The van der Waals surface area contributed by atoms with E-state index in [0.29, 0.717) is 37.0 Å². The van der Waals surface area contributed by atoms with Gasteiger partial charge in [0.2, 0.25) is 6.29 Å². The number of nitrogens with zero attached hydrogens (tertiary/aromatic N) is 4. The first-order valence-corrected chi connectivity index (χ1v) is 30.1. The molecule has 2 aromatic carbocycles. The summed E-state index contributed by atoms with van der Waals surface area (Å²) in [4.78, 5) is 26.0. The molecule has 0 spiro atoms. The summed E-state index contributed by atoms with van der Waals surface area (Å²) in [5, 5.41) is 189. The minimum Gasteiger partial charge on any atom is -0.487 e. The highest BCUT2D eigenvalue weighted by atomic mass is 79.9. The number of carbonyl (C=O) groups is 1. The first-order chi connectivity index (χ1) is 43.9. The Hall–Kier alpha value is -4.65. The van der Waals surface area contributed by atoms with Crippen LogP contribution in [-0.2, 0) is 71.9 Å². The topological polar surface area (TPSA) is 550 Å². The molecule has 0 amide bonds. The molecule has 17 N–H and O–H groups in total. The van der Waals surface area contributed by atoms with Crippen molar-refractivity contribution in [1.82, 2.24) is 20.0 Å². The van der Waals surface area contributed by atoms with Crippen LogP contribution in [-0.4, -0.2) is 312 Å². The van der Waals surface area contributed by atoms with Gasteiger partial charge in [-0.3, -0.25) is 10.1 Å². The number of aliphatic hydroxyl groups is 15. The highest BCUT2D eigenvalue weighted by Gasteiger charge is 2.56. The summed E-state index contributed by atoms with van der Waals surface area (Å²) in [5.74, 6) is -1.50. The highest BCUT2D eigenvalue weighted by Crippen LogP contribution is 2.45. The zero-order chi connectivity index (χ0) is 66.6. The quantitative estimate of drug-likeness (QED) is 0.0150. The van der Waals surface area contributed by atoms with E-state index in [2.05, 4.69) is 47.2 Å². The highest BCUT2D eigenvalue weighted by molar-refractivity contribution is 9.11. The zero-order valence-corrected chi connectivity index (χ0v) is 51.4. The Morgan fingerprint density at radius 3 is 1.88 bits per heavy atom. The number of rotatable bonds is 27. The Morgan fingerprint density at radius 1 is 0.641 bits per heavy atom. The number of nitro benzene ring substituents is 1. The molecule has 5 aliphatic rings. The van der Waals surface area contributed by atoms with Crippen LogP contribution < -0.4 is 14.2 Å². The molecule has 5 aliphatic heterocycles. The molecule has 39 heteroatoms. The molecule has 5 saturated heterocycles. The fraction of sp³-hybridized carbons (Fsp3) is 0.679.